The normalized spacial score (nSPS) is 10.8. The van der Waals surface area contributed by atoms with Crippen LogP contribution in [0.25, 0.3) is 28.5 Å². The van der Waals surface area contributed by atoms with Crippen LogP contribution >= 0.6 is 0 Å². The third kappa shape index (κ3) is 5.97. The Hall–Kier alpha value is -4.18. The number of pyridine rings is 1. The van der Waals surface area contributed by atoms with Gasteiger partial charge in [0, 0.05) is 16.8 Å². The van der Waals surface area contributed by atoms with E-state index in [1.807, 2.05) is 74.5 Å². The summed E-state index contributed by atoms with van der Waals surface area (Å²) in [5.41, 5.74) is 7.34. The molecule has 0 spiro atoms. The quantitative estimate of drug-likeness (QED) is 0.234. The van der Waals surface area contributed by atoms with Gasteiger partial charge < -0.3 is 10.3 Å². The van der Waals surface area contributed by atoms with Crippen molar-refractivity contribution >= 4 is 17.7 Å². The first-order chi connectivity index (χ1) is 17.9. The highest BCUT2D eigenvalue weighted by Crippen LogP contribution is 2.34. The van der Waals surface area contributed by atoms with Gasteiger partial charge in [0.2, 0.25) is 0 Å². The van der Waals surface area contributed by atoms with Crippen LogP contribution in [0.15, 0.2) is 84.2 Å². The van der Waals surface area contributed by atoms with Gasteiger partial charge in [0.25, 0.3) is 11.5 Å². The SMILES string of the molecule is C=Cc1c(-c2ccc(CCCCC)cc2)[nH]c(=O)c(C(=O)Nc2ccc(C)cc2)c1-c1ccc(C)cc1. The summed E-state index contributed by atoms with van der Waals surface area (Å²) >= 11 is 0. The largest absolute Gasteiger partial charge is 0.322 e. The molecule has 0 atom stereocenters. The Morgan fingerprint density at radius 3 is 2.05 bits per heavy atom. The summed E-state index contributed by atoms with van der Waals surface area (Å²) in [6.07, 6.45) is 6.31. The van der Waals surface area contributed by atoms with Crippen molar-refractivity contribution in [3.05, 3.63) is 118 Å². The van der Waals surface area contributed by atoms with E-state index in [2.05, 4.69) is 35.9 Å². The van der Waals surface area contributed by atoms with E-state index in [1.54, 1.807) is 6.08 Å². The Labute approximate surface area is 219 Å². The van der Waals surface area contributed by atoms with Crippen molar-refractivity contribution in [1.29, 1.82) is 0 Å². The second-order valence-corrected chi connectivity index (χ2v) is 9.54. The van der Waals surface area contributed by atoms with Gasteiger partial charge in [0.15, 0.2) is 0 Å². The molecule has 4 nitrogen and oxygen atoms in total. The van der Waals surface area contributed by atoms with Crippen molar-refractivity contribution < 1.29 is 4.79 Å². The lowest BCUT2D eigenvalue weighted by Gasteiger charge is -2.17. The van der Waals surface area contributed by atoms with Crippen LogP contribution in [0.3, 0.4) is 0 Å². The minimum absolute atomic E-state index is 0.0688. The van der Waals surface area contributed by atoms with E-state index in [1.165, 1.54) is 18.4 Å². The number of aryl methyl sites for hydroxylation is 3. The minimum Gasteiger partial charge on any atom is -0.322 e. The molecule has 1 amide bonds. The number of carbonyl (C=O) groups excluding carboxylic acids is 1. The Kier molecular flexibility index (Phi) is 8.19. The molecule has 0 bridgehead atoms. The number of amides is 1. The number of carbonyl (C=O) groups is 1. The Morgan fingerprint density at radius 1 is 0.865 bits per heavy atom. The molecular weight excluding hydrogens is 456 g/mol. The summed E-state index contributed by atoms with van der Waals surface area (Å²) < 4.78 is 0. The van der Waals surface area contributed by atoms with E-state index >= 15 is 0 Å². The molecule has 4 heteroatoms. The maximum absolute atomic E-state index is 13.5. The number of aromatic nitrogens is 1. The molecular formula is C33H34N2O2. The fourth-order valence-corrected chi connectivity index (χ4v) is 4.53. The molecule has 2 N–H and O–H groups in total. The highest BCUT2D eigenvalue weighted by atomic mass is 16.2. The lowest BCUT2D eigenvalue weighted by atomic mass is 9.91. The van der Waals surface area contributed by atoms with Gasteiger partial charge >= 0.3 is 0 Å². The van der Waals surface area contributed by atoms with Gasteiger partial charge in [-0.1, -0.05) is 104 Å². The molecule has 0 aliphatic heterocycles. The minimum atomic E-state index is -0.457. The number of aromatic amines is 1. The Bertz CT molecular complexity index is 1440. The van der Waals surface area contributed by atoms with Crippen molar-refractivity contribution in [2.24, 2.45) is 0 Å². The molecule has 1 heterocycles. The first-order valence-electron chi connectivity index (χ1n) is 12.9. The van der Waals surface area contributed by atoms with E-state index in [0.29, 0.717) is 16.9 Å². The third-order valence-corrected chi connectivity index (χ3v) is 6.65. The molecule has 0 aliphatic rings. The zero-order chi connectivity index (χ0) is 26.4. The van der Waals surface area contributed by atoms with Gasteiger partial charge in [0.1, 0.15) is 5.56 Å². The Morgan fingerprint density at radius 2 is 1.46 bits per heavy atom. The van der Waals surface area contributed by atoms with Crippen LogP contribution in [0.2, 0.25) is 0 Å². The second kappa shape index (κ2) is 11.7. The zero-order valence-electron chi connectivity index (χ0n) is 21.9. The number of H-pyrrole nitrogens is 1. The number of benzene rings is 3. The second-order valence-electron chi connectivity index (χ2n) is 9.54. The smallest absolute Gasteiger partial charge is 0.261 e. The van der Waals surface area contributed by atoms with Gasteiger partial charge in [-0.05, 0) is 55.5 Å². The number of anilines is 1. The van der Waals surface area contributed by atoms with Crippen LogP contribution in [0.1, 0.15) is 58.8 Å². The highest BCUT2D eigenvalue weighted by Gasteiger charge is 2.23. The first kappa shape index (κ1) is 25.9. The Balaban J connectivity index is 1.84. The van der Waals surface area contributed by atoms with Crippen LogP contribution in [0.4, 0.5) is 5.69 Å². The predicted octanol–water partition coefficient (Wildman–Crippen LogP) is 7.95. The van der Waals surface area contributed by atoms with Gasteiger partial charge in [-0.25, -0.2) is 0 Å². The maximum Gasteiger partial charge on any atom is 0.261 e. The molecule has 0 radical (unpaired) electrons. The maximum atomic E-state index is 13.5. The van der Waals surface area contributed by atoms with E-state index < -0.39 is 11.5 Å². The summed E-state index contributed by atoms with van der Waals surface area (Å²) in [5, 5.41) is 2.90. The number of unbranched alkanes of at least 4 members (excludes halogenated alkanes) is 2. The van der Waals surface area contributed by atoms with Gasteiger partial charge in [-0.2, -0.15) is 0 Å². The fourth-order valence-electron chi connectivity index (χ4n) is 4.53. The number of hydrogen-bond donors (Lipinski definition) is 2. The molecule has 0 aliphatic carbocycles. The van der Waals surface area contributed by atoms with Crippen molar-refractivity contribution in [2.45, 2.75) is 46.5 Å². The van der Waals surface area contributed by atoms with Crippen molar-refractivity contribution in [3.8, 4) is 22.4 Å². The summed E-state index contributed by atoms with van der Waals surface area (Å²) in [5.74, 6) is -0.457. The summed E-state index contributed by atoms with van der Waals surface area (Å²) in [6, 6.07) is 23.6. The first-order valence-corrected chi connectivity index (χ1v) is 12.9. The molecule has 0 unspecified atom stereocenters. The fraction of sp³-hybridized carbons (Fsp3) is 0.212. The average molecular weight is 491 g/mol. The third-order valence-electron chi connectivity index (χ3n) is 6.65. The van der Waals surface area contributed by atoms with E-state index in [4.69, 9.17) is 0 Å². The van der Waals surface area contributed by atoms with Gasteiger partial charge in [-0.15, -0.1) is 0 Å². The number of nitrogens with one attached hydrogen (secondary N) is 2. The van der Waals surface area contributed by atoms with Crippen LogP contribution < -0.4 is 10.9 Å². The van der Waals surface area contributed by atoms with Crippen LogP contribution in [0, 0.1) is 13.8 Å². The van der Waals surface area contributed by atoms with Crippen LogP contribution in [-0.4, -0.2) is 10.9 Å². The standard InChI is InChI=1S/C33H34N2O2/c1-5-7-8-9-24-14-18-26(19-15-24)31-28(6-2)29(25-16-10-22(3)11-17-25)30(33(37)35-31)32(36)34-27-20-12-23(4)13-21-27/h6,10-21H,2,5,7-9H2,1,3-4H3,(H,34,36)(H,35,37). The molecule has 0 saturated heterocycles. The predicted molar refractivity (Wildman–Crippen MR) is 155 cm³/mol. The van der Waals surface area contributed by atoms with Gasteiger partial charge in [-0.3, -0.25) is 9.59 Å². The lowest BCUT2D eigenvalue weighted by Crippen LogP contribution is -2.26. The molecule has 0 saturated carbocycles. The highest BCUT2D eigenvalue weighted by molar-refractivity contribution is 6.10. The molecule has 0 fully saturated rings. The number of hydrogen-bond acceptors (Lipinski definition) is 2. The molecule has 188 valence electrons. The molecule has 1 aromatic heterocycles. The lowest BCUT2D eigenvalue weighted by molar-refractivity contribution is 0.102. The van der Waals surface area contributed by atoms with Crippen LogP contribution in [-0.2, 0) is 6.42 Å². The average Bonchev–Trinajstić information content (AvgIpc) is 2.90. The van der Waals surface area contributed by atoms with E-state index in [0.717, 1.165) is 40.7 Å². The zero-order valence-corrected chi connectivity index (χ0v) is 21.9. The molecule has 4 rings (SSSR count). The topological polar surface area (TPSA) is 62.0 Å². The van der Waals surface area contributed by atoms with E-state index in [9.17, 15) is 9.59 Å². The van der Waals surface area contributed by atoms with Crippen LogP contribution in [0.5, 0.6) is 0 Å². The van der Waals surface area contributed by atoms with Crippen molar-refractivity contribution in [3.63, 3.8) is 0 Å². The summed E-state index contributed by atoms with van der Waals surface area (Å²) in [7, 11) is 0. The van der Waals surface area contributed by atoms with E-state index in [-0.39, 0.29) is 5.56 Å². The molecule has 4 aromatic rings. The summed E-state index contributed by atoms with van der Waals surface area (Å²) in [6.45, 7) is 10.3. The van der Waals surface area contributed by atoms with Crippen molar-refractivity contribution in [1.82, 2.24) is 4.98 Å². The van der Waals surface area contributed by atoms with Gasteiger partial charge in [0.05, 0.1) is 5.69 Å². The molecule has 37 heavy (non-hydrogen) atoms. The van der Waals surface area contributed by atoms with Crippen molar-refractivity contribution in [2.75, 3.05) is 5.32 Å². The monoisotopic (exact) mass is 490 g/mol. The number of rotatable bonds is 9. The summed E-state index contributed by atoms with van der Waals surface area (Å²) in [4.78, 5) is 30.0. The molecule has 3 aromatic carbocycles.